The van der Waals surface area contributed by atoms with Gasteiger partial charge in [-0.2, -0.15) is 0 Å². The zero-order chi connectivity index (χ0) is 9.61. The summed E-state index contributed by atoms with van der Waals surface area (Å²) in [5.74, 6) is -0.192. The van der Waals surface area contributed by atoms with Gasteiger partial charge in [0, 0.05) is 17.7 Å². The number of carbonyl (C=O) groups is 1. The van der Waals surface area contributed by atoms with E-state index in [1.165, 1.54) is 6.92 Å². The van der Waals surface area contributed by atoms with Crippen LogP contribution in [0, 0.1) is 5.41 Å². The predicted molar refractivity (Wildman–Crippen MR) is 53.4 cm³/mol. The van der Waals surface area contributed by atoms with Crippen LogP contribution in [-0.4, -0.2) is 17.9 Å². The fourth-order valence-electron chi connectivity index (χ4n) is 0.936. The van der Waals surface area contributed by atoms with Crippen molar-refractivity contribution in [3.8, 4) is 0 Å². The van der Waals surface area contributed by atoms with Crippen LogP contribution in [-0.2, 0) is 9.53 Å². The van der Waals surface area contributed by atoms with Crippen molar-refractivity contribution in [3.63, 3.8) is 0 Å². The van der Waals surface area contributed by atoms with Gasteiger partial charge in [-0.3, -0.25) is 4.79 Å². The highest BCUT2D eigenvalue weighted by molar-refractivity contribution is 9.09. The summed E-state index contributed by atoms with van der Waals surface area (Å²) in [7, 11) is 0. The Kier molecular flexibility index (Phi) is 5.55. The fourth-order valence-corrected chi connectivity index (χ4v) is 1.89. The van der Waals surface area contributed by atoms with Crippen molar-refractivity contribution in [3.05, 3.63) is 0 Å². The highest BCUT2D eigenvalue weighted by atomic mass is 79.9. The number of halogens is 1. The van der Waals surface area contributed by atoms with E-state index in [0.29, 0.717) is 6.61 Å². The molecule has 3 heteroatoms. The van der Waals surface area contributed by atoms with Crippen LogP contribution in [0.2, 0.25) is 0 Å². The van der Waals surface area contributed by atoms with Gasteiger partial charge in [0.25, 0.3) is 0 Å². The first-order valence-electron chi connectivity index (χ1n) is 4.29. The van der Waals surface area contributed by atoms with Crippen molar-refractivity contribution in [2.24, 2.45) is 5.41 Å². The SMILES string of the molecule is CCC(CC)(CBr)COC(C)=O. The van der Waals surface area contributed by atoms with E-state index in [1.54, 1.807) is 0 Å². The van der Waals surface area contributed by atoms with Crippen molar-refractivity contribution in [1.82, 2.24) is 0 Å². The van der Waals surface area contributed by atoms with E-state index in [0.717, 1.165) is 18.2 Å². The molecule has 0 saturated heterocycles. The highest BCUT2D eigenvalue weighted by Gasteiger charge is 2.25. The summed E-state index contributed by atoms with van der Waals surface area (Å²) >= 11 is 3.45. The molecule has 0 spiro atoms. The average Bonchev–Trinajstić information content (AvgIpc) is 2.08. The van der Waals surface area contributed by atoms with Gasteiger partial charge in [-0.25, -0.2) is 0 Å². The van der Waals surface area contributed by atoms with Gasteiger partial charge in [0.05, 0.1) is 6.61 Å². The molecule has 0 aromatic rings. The minimum absolute atomic E-state index is 0.131. The van der Waals surface area contributed by atoms with Crippen LogP contribution < -0.4 is 0 Å². The second kappa shape index (κ2) is 5.57. The lowest BCUT2D eigenvalue weighted by atomic mass is 9.86. The summed E-state index contributed by atoms with van der Waals surface area (Å²) in [5.41, 5.74) is 0.131. The Morgan fingerprint density at radius 2 is 1.92 bits per heavy atom. The lowest BCUT2D eigenvalue weighted by Crippen LogP contribution is -2.28. The third-order valence-corrected chi connectivity index (χ3v) is 3.55. The lowest BCUT2D eigenvalue weighted by Gasteiger charge is -2.28. The molecule has 0 aliphatic rings. The maximum Gasteiger partial charge on any atom is 0.302 e. The Morgan fingerprint density at radius 1 is 1.42 bits per heavy atom. The molecule has 0 heterocycles. The summed E-state index contributed by atoms with van der Waals surface area (Å²) in [6.45, 7) is 6.22. The Hall–Kier alpha value is -0.0500. The molecule has 0 atom stereocenters. The summed E-state index contributed by atoms with van der Waals surface area (Å²) in [6, 6.07) is 0. The van der Waals surface area contributed by atoms with E-state index in [2.05, 4.69) is 29.8 Å². The van der Waals surface area contributed by atoms with Crippen LogP contribution in [0.5, 0.6) is 0 Å². The van der Waals surface area contributed by atoms with Crippen molar-refractivity contribution in [1.29, 1.82) is 0 Å². The third kappa shape index (κ3) is 3.57. The zero-order valence-corrected chi connectivity index (χ0v) is 9.61. The third-order valence-electron chi connectivity index (χ3n) is 2.37. The van der Waals surface area contributed by atoms with Crippen LogP contribution >= 0.6 is 15.9 Å². The average molecular weight is 237 g/mol. The topological polar surface area (TPSA) is 26.3 Å². The van der Waals surface area contributed by atoms with Crippen LogP contribution in [0.15, 0.2) is 0 Å². The molecule has 0 saturated carbocycles. The summed E-state index contributed by atoms with van der Waals surface area (Å²) in [5, 5.41) is 0.889. The molecular formula is C9H17BrO2. The number of hydrogen-bond donors (Lipinski definition) is 0. The van der Waals surface area contributed by atoms with Gasteiger partial charge >= 0.3 is 5.97 Å². The Morgan fingerprint density at radius 3 is 2.17 bits per heavy atom. The maximum atomic E-state index is 10.6. The van der Waals surface area contributed by atoms with Crippen LogP contribution in [0.25, 0.3) is 0 Å². The molecule has 0 radical (unpaired) electrons. The number of alkyl halides is 1. The van der Waals surface area contributed by atoms with E-state index in [4.69, 9.17) is 4.74 Å². The van der Waals surface area contributed by atoms with Gasteiger partial charge in [0.2, 0.25) is 0 Å². The summed E-state index contributed by atoms with van der Waals surface area (Å²) in [4.78, 5) is 10.6. The van der Waals surface area contributed by atoms with Gasteiger partial charge < -0.3 is 4.74 Å². The van der Waals surface area contributed by atoms with Gasteiger partial charge in [-0.05, 0) is 12.8 Å². The first-order valence-corrected chi connectivity index (χ1v) is 5.41. The largest absolute Gasteiger partial charge is 0.465 e. The zero-order valence-electron chi connectivity index (χ0n) is 8.02. The van der Waals surface area contributed by atoms with E-state index in [9.17, 15) is 4.79 Å². The number of esters is 1. The Balaban J connectivity index is 4.01. The van der Waals surface area contributed by atoms with Crippen molar-refractivity contribution >= 4 is 21.9 Å². The normalized spacial score (nSPS) is 11.3. The molecule has 0 fully saturated rings. The highest BCUT2D eigenvalue weighted by Crippen LogP contribution is 2.28. The molecule has 0 unspecified atom stereocenters. The van der Waals surface area contributed by atoms with Gasteiger partial charge in [0.1, 0.15) is 0 Å². The van der Waals surface area contributed by atoms with Crippen LogP contribution in [0.4, 0.5) is 0 Å². The van der Waals surface area contributed by atoms with Crippen molar-refractivity contribution in [2.75, 3.05) is 11.9 Å². The molecule has 12 heavy (non-hydrogen) atoms. The second-order valence-electron chi connectivity index (χ2n) is 3.12. The number of ether oxygens (including phenoxy) is 1. The van der Waals surface area contributed by atoms with Crippen LogP contribution in [0.3, 0.4) is 0 Å². The molecule has 2 nitrogen and oxygen atoms in total. The Labute approximate surface area is 82.8 Å². The first-order chi connectivity index (χ1) is 5.60. The number of rotatable bonds is 5. The first kappa shape index (κ1) is 11.9. The predicted octanol–water partition coefficient (Wildman–Crippen LogP) is 2.75. The molecule has 0 rings (SSSR count). The van der Waals surface area contributed by atoms with Gasteiger partial charge in [0.15, 0.2) is 0 Å². The van der Waals surface area contributed by atoms with E-state index in [1.807, 2.05) is 0 Å². The monoisotopic (exact) mass is 236 g/mol. The molecule has 0 aliphatic carbocycles. The molecule has 0 N–H and O–H groups in total. The summed E-state index contributed by atoms with van der Waals surface area (Å²) in [6.07, 6.45) is 2.06. The molecule has 0 aliphatic heterocycles. The second-order valence-corrected chi connectivity index (χ2v) is 3.68. The van der Waals surface area contributed by atoms with Crippen molar-refractivity contribution < 1.29 is 9.53 Å². The smallest absolute Gasteiger partial charge is 0.302 e. The van der Waals surface area contributed by atoms with Gasteiger partial charge in [-0.1, -0.05) is 29.8 Å². The molecule has 0 bridgehead atoms. The van der Waals surface area contributed by atoms with E-state index < -0.39 is 0 Å². The molecular weight excluding hydrogens is 220 g/mol. The minimum atomic E-state index is -0.192. The summed E-state index contributed by atoms with van der Waals surface area (Å²) < 4.78 is 5.01. The van der Waals surface area contributed by atoms with E-state index >= 15 is 0 Å². The van der Waals surface area contributed by atoms with Crippen molar-refractivity contribution in [2.45, 2.75) is 33.6 Å². The molecule has 0 aromatic heterocycles. The molecule has 72 valence electrons. The number of carbonyl (C=O) groups excluding carboxylic acids is 1. The minimum Gasteiger partial charge on any atom is -0.465 e. The maximum absolute atomic E-state index is 10.6. The fraction of sp³-hybridized carbons (Fsp3) is 0.889. The standard InChI is InChI=1S/C9H17BrO2/c1-4-9(5-2,6-10)7-12-8(3)11/h4-7H2,1-3H3. The van der Waals surface area contributed by atoms with E-state index in [-0.39, 0.29) is 11.4 Å². The lowest BCUT2D eigenvalue weighted by molar-refractivity contribution is -0.144. The molecule has 0 amide bonds. The number of hydrogen-bond acceptors (Lipinski definition) is 2. The molecule has 0 aromatic carbocycles. The quantitative estimate of drug-likeness (QED) is 0.542. The Bertz CT molecular complexity index is 133. The van der Waals surface area contributed by atoms with Gasteiger partial charge in [-0.15, -0.1) is 0 Å². The van der Waals surface area contributed by atoms with Crippen LogP contribution in [0.1, 0.15) is 33.6 Å².